The van der Waals surface area contributed by atoms with Gasteiger partial charge in [-0.05, 0) is 44.2 Å². The van der Waals surface area contributed by atoms with Crippen LogP contribution < -0.4 is 15.4 Å². The molecule has 0 saturated heterocycles. The van der Waals surface area contributed by atoms with E-state index in [0.29, 0.717) is 48.6 Å². The van der Waals surface area contributed by atoms with Crippen molar-refractivity contribution in [3.05, 3.63) is 66.1 Å². The number of benzene rings is 2. The number of amides is 1. The fraction of sp³-hybridized carbons (Fsp3) is 0.393. The SMILES string of the molecule is CC=C(C(=O)Nc1cc2c(N[C@H](C)c3ccccc3)ncnc2cc1OCC1CC1)N(C)CCOC. The second kappa shape index (κ2) is 11.9. The van der Waals surface area contributed by atoms with Crippen molar-refractivity contribution in [3.8, 4) is 5.75 Å². The molecule has 8 nitrogen and oxygen atoms in total. The number of aromatic nitrogens is 2. The van der Waals surface area contributed by atoms with Crippen LogP contribution in [0.5, 0.6) is 5.75 Å². The third kappa shape index (κ3) is 6.31. The molecule has 2 aromatic carbocycles. The molecule has 1 aliphatic rings. The van der Waals surface area contributed by atoms with Crippen molar-refractivity contribution in [2.75, 3.05) is 44.5 Å². The van der Waals surface area contributed by atoms with E-state index in [4.69, 9.17) is 9.47 Å². The molecule has 1 fully saturated rings. The largest absolute Gasteiger partial charge is 0.491 e. The van der Waals surface area contributed by atoms with Crippen molar-refractivity contribution in [2.45, 2.75) is 32.7 Å². The molecule has 3 aromatic rings. The maximum absolute atomic E-state index is 13.3. The Morgan fingerprint density at radius 2 is 2.00 bits per heavy atom. The van der Waals surface area contributed by atoms with Crippen molar-refractivity contribution >= 4 is 28.3 Å². The molecule has 0 bridgehead atoms. The van der Waals surface area contributed by atoms with E-state index in [2.05, 4.69) is 39.7 Å². The van der Waals surface area contributed by atoms with Crippen molar-refractivity contribution in [3.63, 3.8) is 0 Å². The number of rotatable bonds is 12. The number of nitrogens with zero attached hydrogens (tertiary/aromatic N) is 3. The van der Waals surface area contributed by atoms with Gasteiger partial charge in [0.25, 0.3) is 5.91 Å². The third-order valence-corrected chi connectivity index (χ3v) is 6.36. The van der Waals surface area contributed by atoms with Gasteiger partial charge >= 0.3 is 0 Å². The van der Waals surface area contributed by atoms with Gasteiger partial charge < -0.3 is 25.0 Å². The van der Waals surface area contributed by atoms with Gasteiger partial charge in [-0.3, -0.25) is 4.79 Å². The van der Waals surface area contributed by atoms with Crippen molar-refractivity contribution in [1.29, 1.82) is 0 Å². The maximum atomic E-state index is 13.3. The first-order valence-corrected chi connectivity index (χ1v) is 12.4. The fourth-order valence-corrected chi connectivity index (χ4v) is 4.00. The Hall–Kier alpha value is -3.65. The molecular formula is C28H35N5O3. The molecule has 0 spiro atoms. The van der Waals surface area contributed by atoms with Gasteiger partial charge in [0.1, 0.15) is 17.9 Å². The zero-order chi connectivity index (χ0) is 25.5. The number of carbonyl (C=O) groups excluding carboxylic acids is 1. The minimum Gasteiger partial charge on any atom is -0.491 e. The number of allylic oxidation sites excluding steroid dienone is 1. The lowest BCUT2D eigenvalue weighted by molar-refractivity contribution is -0.114. The van der Waals surface area contributed by atoms with Crippen LogP contribution in [0.3, 0.4) is 0 Å². The van der Waals surface area contributed by atoms with Gasteiger partial charge in [0.15, 0.2) is 0 Å². The summed E-state index contributed by atoms with van der Waals surface area (Å²) in [5.41, 5.74) is 3.05. The number of fused-ring (bicyclic) bond motifs is 1. The molecular weight excluding hydrogens is 454 g/mol. The number of anilines is 2. The lowest BCUT2D eigenvalue weighted by Gasteiger charge is -2.22. The maximum Gasteiger partial charge on any atom is 0.271 e. The second-order valence-electron chi connectivity index (χ2n) is 9.16. The van der Waals surface area contributed by atoms with Gasteiger partial charge in [-0.25, -0.2) is 9.97 Å². The van der Waals surface area contributed by atoms with Crippen molar-refractivity contribution in [1.82, 2.24) is 14.9 Å². The van der Waals surface area contributed by atoms with E-state index >= 15 is 0 Å². The number of ether oxygens (including phenoxy) is 2. The van der Waals surface area contributed by atoms with E-state index in [-0.39, 0.29) is 11.9 Å². The van der Waals surface area contributed by atoms with E-state index < -0.39 is 0 Å². The van der Waals surface area contributed by atoms with E-state index in [0.717, 1.165) is 16.5 Å². The lowest BCUT2D eigenvalue weighted by Crippen LogP contribution is -2.30. The molecule has 1 atom stereocenters. The molecule has 1 amide bonds. The van der Waals surface area contributed by atoms with Crippen LogP contribution in [0.25, 0.3) is 10.9 Å². The summed E-state index contributed by atoms with van der Waals surface area (Å²) in [5, 5.41) is 7.38. The highest BCUT2D eigenvalue weighted by Gasteiger charge is 2.24. The lowest BCUT2D eigenvalue weighted by atomic mass is 10.1. The highest BCUT2D eigenvalue weighted by molar-refractivity contribution is 6.06. The minimum atomic E-state index is -0.212. The standard InChI is InChI=1S/C28H35N5O3/c1-5-25(33(3)13-14-35-4)28(34)32-24-15-22-23(16-26(24)36-17-20-11-12-20)29-18-30-27(22)31-19(2)21-9-7-6-8-10-21/h5-10,15-16,18-20H,11-14,17H2,1-4H3,(H,32,34)(H,29,30,31)/t19-/m1/s1. The fourth-order valence-electron chi connectivity index (χ4n) is 4.00. The molecule has 1 heterocycles. The van der Waals surface area contributed by atoms with E-state index in [9.17, 15) is 4.79 Å². The number of hydrogen-bond acceptors (Lipinski definition) is 7. The molecule has 1 aliphatic carbocycles. The number of nitrogens with one attached hydrogen (secondary N) is 2. The Morgan fingerprint density at radius 3 is 2.69 bits per heavy atom. The Kier molecular flexibility index (Phi) is 8.38. The number of likely N-dealkylation sites (N-methyl/N-ethyl adjacent to an activating group) is 1. The van der Waals surface area contributed by atoms with Gasteiger partial charge in [-0.2, -0.15) is 0 Å². The Morgan fingerprint density at radius 1 is 1.22 bits per heavy atom. The Labute approximate surface area is 212 Å². The summed E-state index contributed by atoms with van der Waals surface area (Å²) in [6, 6.07) is 14.0. The summed E-state index contributed by atoms with van der Waals surface area (Å²) < 4.78 is 11.3. The molecule has 0 aliphatic heterocycles. The van der Waals surface area contributed by atoms with Crippen LogP contribution in [0.4, 0.5) is 11.5 Å². The Bertz CT molecular complexity index is 1210. The van der Waals surface area contributed by atoms with Crippen LogP contribution in [0.2, 0.25) is 0 Å². The number of hydrogen-bond donors (Lipinski definition) is 2. The van der Waals surface area contributed by atoms with Crippen molar-refractivity contribution < 1.29 is 14.3 Å². The second-order valence-corrected chi connectivity index (χ2v) is 9.16. The summed E-state index contributed by atoms with van der Waals surface area (Å²) in [6.45, 7) is 5.70. The average molecular weight is 490 g/mol. The van der Waals surface area contributed by atoms with Crippen LogP contribution in [0.1, 0.15) is 38.3 Å². The van der Waals surface area contributed by atoms with Crippen LogP contribution >= 0.6 is 0 Å². The molecule has 1 aromatic heterocycles. The third-order valence-electron chi connectivity index (χ3n) is 6.36. The molecule has 8 heteroatoms. The van der Waals surface area contributed by atoms with Crippen molar-refractivity contribution in [2.24, 2.45) is 5.92 Å². The first-order valence-electron chi connectivity index (χ1n) is 12.4. The molecule has 0 radical (unpaired) electrons. The van der Waals surface area contributed by atoms with Crippen LogP contribution in [-0.4, -0.2) is 54.7 Å². The Balaban J connectivity index is 1.65. The molecule has 2 N–H and O–H groups in total. The predicted octanol–water partition coefficient (Wildman–Crippen LogP) is 5.01. The average Bonchev–Trinajstić information content (AvgIpc) is 3.72. The predicted molar refractivity (Wildman–Crippen MR) is 143 cm³/mol. The van der Waals surface area contributed by atoms with E-state index in [1.54, 1.807) is 19.5 Å². The summed E-state index contributed by atoms with van der Waals surface area (Å²) >= 11 is 0. The monoisotopic (exact) mass is 489 g/mol. The van der Waals surface area contributed by atoms with Crippen LogP contribution in [-0.2, 0) is 9.53 Å². The van der Waals surface area contributed by atoms with Gasteiger partial charge in [-0.1, -0.05) is 36.4 Å². The molecule has 190 valence electrons. The molecule has 1 saturated carbocycles. The van der Waals surface area contributed by atoms with E-state index in [1.165, 1.54) is 12.8 Å². The zero-order valence-corrected chi connectivity index (χ0v) is 21.5. The molecule has 0 unspecified atom stereocenters. The van der Waals surface area contributed by atoms with Gasteiger partial charge in [0.05, 0.1) is 30.1 Å². The zero-order valence-electron chi connectivity index (χ0n) is 21.5. The molecule has 4 rings (SSSR count). The van der Waals surface area contributed by atoms with Gasteiger partial charge in [0, 0.05) is 38.2 Å². The quantitative estimate of drug-likeness (QED) is 0.346. The first kappa shape index (κ1) is 25.4. The normalized spacial score (nSPS) is 14.4. The summed E-state index contributed by atoms with van der Waals surface area (Å²) in [7, 11) is 3.52. The first-order chi connectivity index (χ1) is 17.5. The van der Waals surface area contributed by atoms with Crippen LogP contribution in [0, 0.1) is 5.92 Å². The highest BCUT2D eigenvalue weighted by Crippen LogP contribution is 2.36. The van der Waals surface area contributed by atoms with E-state index in [1.807, 2.05) is 49.2 Å². The van der Waals surface area contributed by atoms with Gasteiger partial charge in [0.2, 0.25) is 0 Å². The van der Waals surface area contributed by atoms with Crippen LogP contribution in [0.15, 0.2) is 60.6 Å². The highest BCUT2D eigenvalue weighted by atomic mass is 16.5. The molecule has 36 heavy (non-hydrogen) atoms. The smallest absolute Gasteiger partial charge is 0.271 e. The van der Waals surface area contributed by atoms with Gasteiger partial charge in [-0.15, -0.1) is 0 Å². The summed E-state index contributed by atoms with van der Waals surface area (Å²) in [4.78, 5) is 24.1. The number of carbonyl (C=O) groups is 1. The minimum absolute atomic E-state index is 0.0391. The number of methoxy groups -OCH3 is 1. The topological polar surface area (TPSA) is 88.6 Å². The summed E-state index contributed by atoms with van der Waals surface area (Å²) in [6.07, 6.45) is 5.70. The summed E-state index contributed by atoms with van der Waals surface area (Å²) in [5.74, 6) is 1.67.